The minimum atomic E-state index is -0.680. The molecule has 0 aliphatic carbocycles. The van der Waals surface area contributed by atoms with Crippen molar-refractivity contribution in [2.24, 2.45) is 5.92 Å². The van der Waals surface area contributed by atoms with Crippen LogP contribution in [0.15, 0.2) is 0 Å². The van der Waals surface area contributed by atoms with Gasteiger partial charge in [-0.15, -0.1) is 0 Å². The van der Waals surface area contributed by atoms with Crippen LogP contribution >= 0.6 is 0 Å². The molecule has 1 fully saturated rings. The lowest BCUT2D eigenvalue weighted by Gasteiger charge is -2.35. The first kappa shape index (κ1) is 10.5. The lowest BCUT2D eigenvalue weighted by atomic mass is 9.82. The Hall–Kier alpha value is -0.570. The third kappa shape index (κ3) is 2.44. The second-order valence-electron chi connectivity index (χ2n) is 4.37. The SMILES string of the molecule is CC(C)C[C@]1(C(=O)O)CCCCN1. The summed E-state index contributed by atoms with van der Waals surface area (Å²) in [5.74, 6) is -0.248. The highest BCUT2D eigenvalue weighted by Crippen LogP contribution is 2.26. The molecular formula is C10H19NO2. The number of carboxylic acid groups (broad SMARTS) is 1. The fraction of sp³-hybridized carbons (Fsp3) is 0.900. The Morgan fingerprint density at radius 3 is 2.62 bits per heavy atom. The summed E-state index contributed by atoms with van der Waals surface area (Å²) in [5.41, 5.74) is -0.633. The van der Waals surface area contributed by atoms with Crippen molar-refractivity contribution in [1.82, 2.24) is 5.32 Å². The molecule has 1 aliphatic heterocycles. The molecule has 1 saturated heterocycles. The monoisotopic (exact) mass is 185 g/mol. The Bertz CT molecular complexity index is 183. The first-order chi connectivity index (χ1) is 6.07. The molecule has 13 heavy (non-hydrogen) atoms. The predicted octanol–water partition coefficient (Wildman–Crippen LogP) is 1.63. The van der Waals surface area contributed by atoms with E-state index in [-0.39, 0.29) is 0 Å². The standard InChI is InChI=1S/C10H19NO2/c1-8(2)7-10(9(12)13)5-3-4-6-11-10/h8,11H,3-7H2,1-2H3,(H,12,13)/t10-/m0/s1. The largest absolute Gasteiger partial charge is 0.480 e. The molecule has 1 rings (SSSR count). The van der Waals surface area contributed by atoms with Crippen molar-refractivity contribution in [1.29, 1.82) is 0 Å². The van der Waals surface area contributed by atoms with Crippen molar-refractivity contribution >= 4 is 5.97 Å². The lowest BCUT2D eigenvalue weighted by molar-refractivity contribution is -0.146. The first-order valence-corrected chi connectivity index (χ1v) is 5.05. The lowest BCUT2D eigenvalue weighted by Crippen LogP contribution is -2.55. The number of aliphatic carboxylic acids is 1. The molecule has 0 aromatic heterocycles. The van der Waals surface area contributed by atoms with Crippen molar-refractivity contribution in [3.8, 4) is 0 Å². The zero-order valence-corrected chi connectivity index (χ0v) is 8.47. The van der Waals surface area contributed by atoms with Gasteiger partial charge in [0.25, 0.3) is 0 Å². The van der Waals surface area contributed by atoms with E-state index in [9.17, 15) is 9.90 Å². The number of rotatable bonds is 3. The van der Waals surface area contributed by atoms with Crippen molar-refractivity contribution in [2.75, 3.05) is 6.54 Å². The summed E-state index contributed by atoms with van der Waals surface area (Å²) < 4.78 is 0. The van der Waals surface area contributed by atoms with Gasteiger partial charge in [-0.3, -0.25) is 4.79 Å². The molecule has 0 radical (unpaired) electrons. The van der Waals surface area contributed by atoms with Crippen LogP contribution in [0.3, 0.4) is 0 Å². The Morgan fingerprint density at radius 1 is 1.54 bits per heavy atom. The van der Waals surface area contributed by atoms with Gasteiger partial charge in [-0.1, -0.05) is 13.8 Å². The average Bonchev–Trinajstić information content (AvgIpc) is 2.04. The van der Waals surface area contributed by atoms with E-state index in [4.69, 9.17) is 0 Å². The van der Waals surface area contributed by atoms with E-state index in [0.717, 1.165) is 32.2 Å². The summed E-state index contributed by atoms with van der Waals surface area (Å²) in [6, 6.07) is 0. The Labute approximate surface area is 79.5 Å². The van der Waals surface area contributed by atoms with Crippen LogP contribution in [0.1, 0.15) is 39.5 Å². The third-order valence-electron chi connectivity index (χ3n) is 2.66. The van der Waals surface area contributed by atoms with E-state index >= 15 is 0 Å². The van der Waals surface area contributed by atoms with Crippen LogP contribution in [-0.2, 0) is 4.79 Å². The summed E-state index contributed by atoms with van der Waals surface area (Å²) in [5, 5.41) is 12.3. The maximum absolute atomic E-state index is 11.1. The fourth-order valence-corrected chi connectivity index (χ4v) is 2.11. The minimum absolute atomic E-state index is 0.432. The molecule has 0 bridgehead atoms. The van der Waals surface area contributed by atoms with Gasteiger partial charge in [-0.05, 0) is 38.1 Å². The Kier molecular flexibility index (Phi) is 3.31. The highest BCUT2D eigenvalue weighted by Gasteiger charge is 2.39. The minimum Gasteiger partial charge on any atom is -0.480 e. The summed E-state index contributed by atoms with van der Waals surface area (Å²) in [6.07, 6.45) is 3.65. The molecule has 76 valence electrons. The zero-order valence-electron chi connectivity index (χ0n) is 8.47. The zero-order chi connectivity index (χ0) is 9.90. The van der Waals surface area contributed by atoms with Gasteiger partial charge in [0.05, 0.1) is 0 Å². The van der Waals surface area contributed by atoms with Crippen LogP contribution in [0.5, 0.6) is 0 Å². The average molecular weight is 185 g/mol. The number of hydrogen-bond donors (Lipinski definition) is 2. The molecule has 0 spiro atoms. The molecule has 1 atom stereocenters. The van der Waals surface area contributed by atoms with Gasteiger partial charge in [0.2, 0.25) is 0 Å². The van der Waals surface area contributed by atoms with E-state index in [1.807, 2.05) is 0 Å². The number of carbonyl (C=O) groups is 1. The molecule has 0 saturated carbocycles. The summed E-state index contributed by atoms with van der Waals surface area (Å²) in [7, 11) is 0. The molecule has 0 amide bonds. The Morgan fingerprint density at radius 2 is 2.23 bits per heavy atom. The molecule has 3 nitrogen and oxygen atoms in total. The number of carboxylic acids is 1. The van der Waals surface area contributed by atoms with Crippen molar-refractivity contribution < 1.29 is 9.90 Å². The quantitative estimate of drug-likeness (QED) is 0.702. The molecule has 1 heterocycles. The van der Waals surface area contributed by atoms with E-state index in [1.54, 1.807) is 0 Å². The Balaban J connectivity index is 2.67. The van der Waals surface area contributed by atoms with Gasteiger partial charge < -0.3 is 10.4 Å². The summed E-state index contributed by atoms with van der Waals surface area (Å²) >= 11 is 0. The van der Waals surface area contributed by atoms with Crippen LogP contribution < -0.4 is 5.32 Å². The van der Waals surface area contributed by atoms with E-state index in [0.29, 0.717) is 5.92 Å². The van der Waals surface area contributed by atoms with Gasteiger partial charge in [0.15, 0.2) is 0 Å². The summed E-state index contributed by atoms with van der Waals surface area (Å²) in [6.45, 7) is 4.99. The molecule has 3 heteroatoms. The van der Waals surface area contributed by atoms with Crippen molar-refractivity contribution in [2.45, 2.75) is 45.1 Å². The first-order valence-electron chi connectivity index (χ1n) is 5.05. The van der Waals surface area contributed by atoms with Crippen LogP contribution in [0, 0.1) is 5.92 Å². The maximum atomic E-state index is 11.1. The van der Waals surface area contributed by atoms with Gasteiger partial charge in [-0.25, -0.2) is 0 Å². The molecular weight excluding hydrogens is 166 g/mol. The van der Waals surface area contributed by atoms with Crippen LogP contribution in [-0.4, -0.2) is 23.2 Å². The molecule has 0 aromatic carbocycles. The van der Waals surface area contributed by atoms with Crippen LogP contribution in [0.2, 0.25) is 0 Å². The van der Waals surface area contributed by atoms with Crippen molar-refractivity contribution in [3.05, 3.63) is 0 Å². The third-order valence-corrected chi connectivity index (χ3v) is 2.66. The predicted molar refractivity (Wildman–Crippen MR) is 51.7 cm³/mol. The number of nitrogens with one attached hydrogen (secondary N) is 1. The van der Waals surface area contributed by atoms with Crippen molar-refractivity contribution in [3.63, 3.8) is 0 Å². The molecule has 2 N–H and O–H groups in total. The fourth-order valence-electron chi connectivity index (χ4n) is 2.11. The maximum Gasteiger partial charge on any atom is 0.323 e. The molecule has 1 aliphatic rings. The van der Waals surface area contributed by atoms with E-state index in [1.165, 1.54) is 0 Å². The van der Waals surface area contributed by atoms with Gasteiger partial charge in [-0.2, -0.15) is 0 Å². The normalized spacial score (nSPS) is 29.2. The topological polar surface area (TPSA) is 49.3 Å². The highest BCUT2D eigenvalue weighted by atomic mass is 16.4. The smallest absolute Gasteiger partial charge is 0.323 e. The second kappa shape index (κ2) is 4.09. The molecule has 0 aromatic rings. The number of hydrogen-bond acceptors (Lipinski definition) is 2. The highest BCUT2D eigenvalue weighted by molar-refractivity contribution is 5.78. The van der Waals surface area contributed by atoms with Crippen LogP contribution in [0.4, 0.5) is 0 Å². The molecule has 0 unspecified atom stereocenters. The van der Waals surface area contributed by atoms with E-state index in [2.05, 4.69) is 19.2 Å². The van der Waals surface area contributed by atoms with Crippen LogP contribution in [0.25, 0.3) is 0 Å². The van der Waals surface area contributed by atoms with Gasteiger partial charge in [0, 0.05) is 0 Å². The summed E-state index contributed by atoms with van der Waals surface area (Å²) in [4.78, 5) is 11.1. The van der Waals surface area contributed by atoms with E-state index < -0.39 is 11.5 Å². The van der Waals surface area contributed by atoms with Gasteiger partial charge in [0.1, 0.15) is 5.54 Å². The van der Waals surface area contributed by atoms with Gasteiger partial charge >= 0.3 is 5.97 Å². The second-order valence-corrected chi connectivity index (χ2v) is 4.37. The number of piperidine rings is 1.